The van der Waals surface area contributed by atoms with Crippen molar-refractivity contribution in [1.82, 2.24) is 10.2 Å². The van der Waals surface area contributed by atoms with E-state index in [2.05, 4.69) is 45.2 Å². The van der Waals surface area contributed by atoms with Crippen molar-refractivity contribution < 1.29 is 4.74 Å². The van der Waals surface area contributed by atoms with E-state index >= 15 is 0 Å². The van der Waals surface area contributed by atoms with Gasteiger partial charge in [0.15, 0.2) is 0 Å². The van der Waals surface area contributed by atoms with E-state index in [0.29, 0.717) is 6.04 Å². The lowest BCUT2D eigenvalue weighted by atomic mass is 10.1. The zero-order valence-corrected chi connectivity index (χ0v) is 12.0. The molecule has 94 valence electrons. The zero-order valence-electron chi connectivity index (χ0n) is 10.4. The molecule has 2 rings (SSSR count). The Morgan fingerprint density at radius 3 is 3.06 bits per heavy atom. The van der Waals surface area contributed by atoms with Crippen LogP contribution in [0.25, 0.3) is 0 Å². The molecule has 1 atom stereocenters. The monoisotopic (exact) mass is 298 g/mol. The van der Waals surface area contributed by atoms with Gasteiger partial charge in [0.2, 0.25) is 0 Å². The molecule has 0 bridgehead atoms. The van der Waals surface area contributed by atoms with Crippen LogP contribution in [-0.2, 0) is 6.54 Å². The summed E-state index contributed by atoms with van der Waals surface area (Å²) in [4.78, 5) is 2.49. The van der Waals surface area contributed by atoms with Crippen LogP contribution in [0, 0.1) is 0 Å². The van der Waals surface area contributed by atoms with Crippen LogP contribution in [0.4, 0.5) is 0 Å². The molecular formula is C13H19BrN2O. The van der Waals surface area contributed by atoms with Crippen LogP contribution >= 0.6 is 15.9 Å². The third-order valence-corrected chi connectivity index (χ3v) is 3.75. The second-order valence-corrected chi connectivity index (χ2v) is 5.40. The number of ether oxygens (including phenoxy) is 1. The molecule has 0 amide bonds. The van der Waals surface area contributed by atoms with E-state index in [4.69, 9.17) is 4.74 Å². The summed E-state index contributed by atoms with van der Waals surface area (Å²) < 4.78 is 6.49. The van der Waals surface area contributed by atoms with Crippen LogP contribution in [0.5, 0.6) is 5.75 Å². The molecule has 1 saturated heterocycles. The van der Waals surface area contributed by atoms with E-state index in [9.17, 15) is 0 Å². The van der Waals surface area contributed by atoms with Gasteiger partial charge in [-0.25, -0.2) is 0 Å². The van der Waals surface area contributed by atoms with Crippen molar-refractivity contribution in [3.63, 3.8) is 0 Å². The molecule has 0 aromatic heterocycles. The SMILES string of the molecule is COc1cc(Br)ccc1CN1CCNC[C@@H]1C. The second kappa shape index (κ2) is 5.85. The first-order chi connectivity index (χ1) is 8.20. The molecule has 1 aliphatic rings. The molecule has 1 aromatic carbocycles. The number of hydrogen-bond acceptors (Lipinski definition) is 3. The molecule has 17 heavy (non-hydrogen) atoms. The average molecular weight is 299 g/mol. The molecule has 0 unspecified atom stereocenters. The maximum atomic E-state index is 5.43. The minimum absolute atomic E-state index is 0.581. The molecule has 0 aliphatic carbocycles. The van der Waals surface area contributed by atoms with Crippen LogP contribution in [-0.4, -0.2) is 37.7 Å². The Labute approximate surface area is 111 Å². The highest BCUT2D eigenvalue weighted by Gasteiger charge is 2.19. The Morgan fingerprint density at radius 2 is 2.35 bits per heavy atom. The topological polar surface area (TPSA) is 24.5 Å². The van der Waals surface area contributed by atoms with Crippen molar-refractivity contribution in [2.24, 2.45) is 0 Å². The van der Waals surface area contributed by atoms with Gasteiger partial charge in [0.25, 0.3) is 0 Å². The predicted molar refractivity (Wildman–Crippen MR) is 73.4 cm³/mol. The van der Waals surface area contributed by atoms with Crippen molar-refractivity contribution in [1.29, 1.82) is 0 Å². The number of nitrogens with one attached hydrogen (secondary N) is 1. The maximum absolute atomic E-state index is 5.43. The van der Waals surface area contributed by atoms with Crippen molar-refractivity contribution in [3.8, 4) is 5.75 Å². The lowest BCUT2D eigenvalue weighted by Gasteiger charge is -2.34. The number of benzene rings is 1. The quantitative estimate of drug-likeness (QED) is 0.926. The van der Waals surface area contributed by atoms with Gasteiger partial charge < -0.3 is 10.1 Å². The van der Waals surface area contributed by atoms with Crippen LogP contribution in [0.3, 0.4) is 0 Å². The molecule has 1 N–H and O–H groups in total. The summed E-state index contributed by atoms with van der Waals surface area (Å²) in [5.41, 5.74) is 1.25. The van der Waals surface area contributed by atoms with E-state index in [1.165, 1.54) is 5.56 Å². The summed E-state index contributed by atoms with van der Waals surface area (Å²) >= 11 is 3.47. The van der Waals surface area contributed by atoms with Gasteiger partial charge in [-0.1, -0.05) is 22.0 Å². The molecular weight excluding hydrogens is 280 g/mol. The van der Waals surface area contributed by atoms with Crippen molar-refractivity contribution in [2.45, 2.75) is 19.5 Å². The second-order valence-electron chi connectivity index (χ2n) is 4.48. The van der Waals surface area contributed by atoms with E-state index in [1.807, 2.05) is 6.07 Å². The van der Waals surface area contributed by atoms with E-state index in [0.717, 1.165) is 36.4 Å². The lowest BCUT2D eigenvalue weighted by molar-refractivity contribution is 0.164. The summed E-state index contributed by atoms with van der Waals surface area (Å²) in [7, 11) is 1.73. The Morgan fingerprint density at radius 1 is 1.53 bits per heavy atom. The minimum Gasteiger partial charge on any atom is -0.496 e. The summed E-state index contributed by atoms with van der Waals surface area (Å²) in [6.45, 7) is 6.46. The van der Waals surface area contributed by atoms with E-state index < -0.39 is 0 Å². The predicted octanol–water partition coefficient (Wildman–Crippen LogP) is 2.25. The lowest BCUT2D eigenvalue weighted by Crippen LogP contribution is -2.49. The summed E-state index contributed by atoms with van der Waals surface area (Å²) in [6.07, 6.45) is 0. The highest BCUT2D eigenvalue weighted by atomic mass is 79.9. The van der Waals surface area contributed by atoms with Gasteiger partial charge >= 0.3 is 0 Å². The molecule has 0 radical (unpaired) electrons. The third-order valence-electron chi connectivity index (χ3n) is 3.26. The van der Waals surface area contributed by atoms with Crippen molar-refractivity contribution in [2.75, 3.05) is 26.7 Å². The fourth-order valence-electron chi connectivity index (χ4n) is 2.19. The molecule has 0 saturated carbocycles. The Kier molecular flexibility index (Phi) is 4.42. The highest BCUT2D eigenvalue weighted by molar-refractivity contribution is 9.10. The number of rotatable bonds is 3. The van der Waals surface area contributed by atoms with Gasteiger partial charge in [0.05, 0.1) is 7.11 Å². The molecule has 3 nitrogen and oxygen atoms in total. The molecule has 0 spiro atoms. The molecule has 1 aliphatic heterocycles. The van der Waals surface area contributed by atoms with Crippen LogP contribution < -0.4 is 10.1 Å². The number of halogens is 1. The molecule has 4 heteroatoms. The average Bonchev–Trinajstić information content (AvgIpc) is 2.34. The van der Waals surface area contributed by atoms with Gasteiger partial charge in [0, 0.05) is 42.3 Å². The first-order valence-electron chi connectivity index (χ1n) is 5.98. The fourth-order valence-corrected chi connectivity index (χ4v) is 2.53. The number of nitrogens with zero attached hydrogens (tertiary/aromatic N) is 1. The Balaban J connectivity index is 2.11. The van der Waals surface area contributed by atoms with Crippen molar-refractivity contribution >= 4 is 15.9 Å². The normalized spacial score (nSPS) is 21.5. The summed E-state index contributed by atoms with van der Waals surface area (Å²) in [5.74, 6) is 0.963. The minimum atomic E-state index is 0.581. The first-order valence-corrected chi connectivity index (χ1v) is 6.77. The van der Waals surface area contributed by atoms with Gasteiger partial charge in [-0.3, -0.25) is 4.90 Å². The Hall–Kier alpha value is -0.580. The third kappa shape index (κ3) is 3.21. The highest BCUT2D eigenvalue weighted by Crippen LogP contribution is 2.25. The summed E-state index contributed by atoms with van der Waals surface area (Å²) in [5, 5.41) is 3.41. The van der Waals surface area contributed by atoms with Gasteiger partial charge in [0.1, 0.15) is 5.75 Å². The molecule has 1 aromatic rings. The summed E-state index contributed by atoms with van der Waals surface area (Å²) in [6, 6.07) is 6.82. The number of hydrogen-bond donors (Lipinski definition) is 1. The number of methoxy groups -OCH3 is 1. The number of piperazine rings is 1. The largest absolute Gasteiger partial charge is 0.496 e. The maximum Gasteiger partial charge on any atom is 0.124 e. The standard InChI is InChI=1S/C13H19BrN2O/c1-10-8-15-5-6-16(10)9-11-3-4-12(14)7-13(11)17-2/h3-4,7,10,15H,5-6,8-9H2,1-2H3/t10-/m0/s1. The van der Waals surface area contributed by atoms with E-state index in [-0.39, 0.29) is 0 Å². The van der Waals surface area contributed by atoms with Crippen LogP contribution in [0.1, 0.15) is 12.5 Å². The van der Waals surface area contributed by atoms with Gasteiger partial charge in [-0.05, 0) is 19.1 Å². The smallest absolute Gasteiger partial charge is 0.124 e. The van der Waals surface area contributed by atoms with Gasteiger partial charge in [-0.15, -0.1) is 0 Å². The Bertz CT molecular complexity index is 384. The van der Waals surface area contributed by atoms with Crippen LogP contribution in [0.15, 0.2) is 22.7 Å². The molecule has 1 heterocycles. The zero-order chi connectivity index (χ0) is 12.3. The van der Waals surface area contributed by atoms with Gasteiger partial charge in [-0.2, -0.15) is 0 Å². The first kappa shape index (κ1) is 12.9. The molecule has 1 fully saturated rings. The fraction of sp³-hybridized carbons (Fsp3) is 0.538. The van der Waals surface area contributed by atoms with Crippen molar-refractivity contribution in [3.05, 3.63) is 28.2 Å². The van der Waals surface area contributed by atoms with Crippen LogP contribution in [0.2, 0.25) is 0 Å². The van der Waals surface area contributed by atoms with E-state index in [1.54, 1.807) is 7.11 Å².